The minimum atomic E-state index is -1.08. The summed E-state index contributed by atoms with van der Waals surface area (Å²) in [6, 6.07) is -0.805. The van der Waals surface area contributed by atoms with Crippen molar-refractivity contribution in [1.82, 2.24) is 9.80 Å². The predicted octanol–water partition coefficient (Wildman–Crippen LogP) is 2.20. The zero-order valence-corrected chi connectivity index (χ0v) is 19.4. The summed E-state index contributed by atoms with van der Waals surface area (Å²) < 4.78 is 6.41. The number of aliphatic hydroxyl groups excluding tert-OH is 1. The number of aliphatic carboxylic acids is 1. The summed E-state index contributed by atoms with van der Waals surface area (Å²) in [5.74, 6) is -3.24. The van der Waals surface area contributed by atoms with Crippen LogP contribution >= 0.6 is 0 Å². The Bertz CT molecular complexity index is 742. The highest BCUT2D eigenvalue weighted by Crippen LogP contribution is 2.63. The Balaban J connectivity index is 1.93. The first-order valence-electron chi connectivity index (χ1n) is 12.0. The topological polar surface area (TPSA) is 107 Å². The smallest absolute Gasteiger partial charge is 0.310 e. The van der Waals surface area contributed by atoms with Crippen molar-refractivity contribution in [2.24, 2.45) is 11.8 Å². The third-order valence-corrected chi connectivity index (χ3v) is 7.53. The van der Waals surface area contributed by atoms with Gasteiger partial charge in [-0.05, 0) is 39.0 Å². The number of carbonyl (C=O) groups is 3. The van der Waals surface area contributed by atoms with Crippen LogP contribution in [0.25, 0.3) is 0 Å². The van der Waals surface area contributed by atoms with Gasteiger partial charge in [0.05, 0.1) is 17.4 Å². The molecule has 0 aromatic heterocycles. The molecule has 5 atom stereocenters. The zero-order chi connectivity index (χ0) is 23.5. The minimum Gasteiger partial charge on any atom is -0.481 e. The third-order valence-electron chi connectivity index (χ3n) is 7.53. The summed E-state index contributed by atoms with van der Waals surface area (Å²) in [5, 5.41) is 19.0. The van der Waals surface area contributed by atoms with E-state index >= 15 is 0 Å². The summed E-state index contributed by atoms with van der Waals surface area (Å²) in [4.78, 5) is 43.0. The molecule has 180 valence electrons. The number of hydrogen-bond donors (Lipinski definition) is 2. The summed E-state index contributed by atoms with van der Waals surface area (Å²) >= 11 is 0. The van der Waals surface area contributed by atoms with Crippen LogP contribution in [-0.4, -0.2) is 81.3 Å². The van der Waals surface area contributed by atoms with E-state index in [9.17, 15) is 19.5 Å². The molecular weight excluding hydrogens is 412 g/mol. The molecule has 32 heavy (non-hydrogen) atoms. The summed E-state index contributed by atoms with van der Waals surface area (Å²) in [6.45, 7) is 9.09. The first-order chi connectivity index (χ1) is 15.3. The van der Waals surface area contributed by atoms with Crippen molar-refractivity contribution in [2.45, 2.75) is 82.5 Å². The van der Waals surface area contributed by atoms with E-state index in [1.165, 1.54) is 0 Å². The van der Waals surface area contributed by atoms with Crippen LogP contribution in [0.3, 0.4) is 0 Å². The number of fused-ring (bicyclic) bond motifs is 1. The molecule has 0 radical (unpaired) electrons. The lowest BCUT2D eigenvalue weighted by atomic mass is 9.66. The van der Waals surface area contributed by atoms with E-state index in [4.69, 9.17) is 9.84 Å². The van der Waals surface area contributed by atoms with Crippen LogP contribution < -0.4 is 0 Å². The molecule has 0 aliphatic carbocycles. The average molecular weight is 451 g/mol. The molecule has 3 aliphatic heterocycles. The maximum Gasteiger partial charge on any atom is 0.310 e. The van der Waals surface area contributed by atoms with Crippen molar-refractivity contribution in [3.05, 3.63) is 12.7 Å². The quantitative estimate of drug-likeness (QED) is 0.329. The van der Waals surface area contributed by atoms with Gasteiger partial charge >= 0.3 is 5.97 Å². The lowest BCUT2D eigenvalue weighted by Crippen LogP contribution is -2.56. The van der Waals surface area contributed by atoms with E-state index in [1.807, 2.05) is 0 Å². The SMILES string of the molecule is C=CCN(CCCC)C(=O)C1N(CCCCCCO)C(=O)[C@@H]2[C@@H](C(=O)O)[C@@]3(C)CCC12O3. The van der Waals surface area contributed by atoms with E-state index in [0.717, 1.165) is 25.7 Å². The van der Waals surface area contributed by atoms with E-state index in [2.05, 4.69) is 13.5 Å². The van der Waals surface area contributed by atoms with E-state index in [-0.39, 0.29) is 18.4 Å². The van der Waals surface area contributed by atoms with Crippen LogP contribution in [-0.2, 0) is 19.1 Å². The second-order valence-electron chi connectivity index (χ2n) is 9.66. The van der Waals surface area contributed by atoms with Gasteiger partial charge in [0.2, 0.25) is 11.8 Å². The van der Waals surface area contributed by atoms with Gasteiger partial charge in [-0.2, -0.15) is 0 Å². The van der Waals surface area contributed by atoms with E-state index < -0.39 is 35.0 Å². The number of nitrogens with zero attached hydrogens (tertiary/aromatic N) is 2. The van der Waals surface area contributed by atoms with Gasteiger partial charge in [0, 0.05) is 26.2 Å². The van der Waals surface area contributed by atoms with Gasteiger partial charge in [-0.1, -0.05) is 32.3 Å². The average Bonchev–Trinajstić information content (AvgIpc) is 3.31. The number of rotatable bonds is 13. The molecule has 0 aromatic rings. The molecule has 2 bridgehead atoms. The van der Waals surface area contributed by atoms with Crippen LogP contribution in [0.15, 0.2) is 12.7 Å². The number of carbonyl (C=O) groups excluding carboxylic acids is 2. The normalized spacial score (nSPS) is 32.9. The molecule has 3 heterocycles. The third kappa shape index (κ3) is 4.07. The van der Waals surface area contributed by atoms with E-state index in [0.29, 0.717) is 45.3 Å². The Hall–Kier alpha value is -1.93. The van der Waals surface area contributed by atoms with Crippen LogP contribution in [0, 0.1) is 11.8 Å². The van der Waals surface area contributed by atoms with Crippen molar-refractivity contribution in [3.63, 3.8) is 0 Å². The van der Waals surface area contributed by atoms with Gasteiger partial charge in [0.15, 0.2) is 0 Å². The molecule has 3 fully saturated rings. The predicted molar refractivity (Wildman–Crippen MR) is 119 cm³/mol. The molecule has 0 aromatic carbocycles. The first kappa shape index (κ1) is 24.7. The molecule has 2 N–H and O–H groups in total. The number of likely N-dealkylation sites (tertiary alicyclic amines) is 1. The first-order valence-corrected chi connectivity index (χ1v) is 12.0. The maximum atomic E-state index is 13.9. The fourth-order valence-electron chi connectivity index (χ4n) is 6.04. The Morgan fingerprint density at radius 3 is 2.59 bits per heavy atom. The van der Waals surface area contributed by atoms with Gasteiger partial charge in [0.25, 0.3) is 0 Å². The second kappa shape index (κ2) is 9.91. The number of unbranched alkanes of at least 4 members (excludes halogenated alkanes) is 4. The maximum absolute atomic E-state index is 13.9. The lowest BCUT2D eigenvalue weighted by Gasteiger charge is -2.37. The van der Waals surface area contributed by atoms with Gasteiger partial charge in [-0.15, -0.1) is 6.58 Å². The van der Waals surface area contributed by atoms with Crippen LogP contribution in [0.1, 0.15) is 65.2 Å². The van der Waals surface area contributed by atoms with Crippen molar-refractivity contribution < 1.29 is 29.3 Å². The standard InChI is InChI=1S/C24H38N2O6/c1-4-6-14-25(13-5-2)21(29)19-24-12-11-23(3,32-24)18(22(30)31)17(24)20(28)26(19)15-9-7-8-10-16-27/h5,17-19,27H,2,4,6-16H2,1,3H3,(H,30,31)/t17-,18-,19?,23+,24?/m0/s1. The number of aliphatic hydroxyl groups is 1. The summed E-state index contributed by atoms with van der Waals surface area (Å²) in [5.41, 5.74) is -2.01. The van der Waals surface area contributed by atoms with Crippen LogP contribution in [0.4, 0.5) is 0 Å². The lowest BCUT2D eigenvalue weighted by molar-refractivity contribution is -0.156. The van der Waals surface area contributed by atoms with Gasteiger partial charge in [-0.3, -0.25) is 14.4 Å². The van der Waals surface area contributed by atoms with Crippen molar-refractivity contribution in [2.75, 3.05) is 26.2 Å². The molecule has 3 rings (SSSR count). The second-order valence-corrected chi connectivity index (χ2v) is 9.66. The number of hydrogen-bond acceptors (Lipinski definition) is 5. The molecule has 0 saturated carbocycles. The Kier molecular flexibility index (Phi) is 7.65. The Labute approximate surface area is 190 Å². The van der Waals surface area contributed by atoms with Crippen molar-refractivity contribution >= 4 is 17.8 Å². The molecule has 2 amide bonds. The monoisotopic (exact) mass is 450 g/mol. The number of ether oxygens (including phenoxy) is 1. The highest BCUT2D eigenvalue weighted by atomic mass is 16.5. The van der Waals surface area contributed by atoms with E-state index in [1.54, 1.807) is 22.8 Å². The molecule has 3 saturated heterocycles. The molecule has 8 nitrogen and oxygen atoms in total. The molecule has 8 heteroatoms. The fourth-order valence-corrected chi connectivity index (χ4v) is 6.04. The minimum absolute atomic E-state index is 0.135. The number of carboxylic acids is 1. The largest absolute Gasteiger partial charge is 0.481 e. The molecule has 1 spiro atoms. The van der Waals surface area contributed by atoms with Crippen LogP contribution in [0.5, 0.6) is 0 Å². The summed E-state index contributed by atoms with van der Waals surface area (Å²) in [7, 11) is 0. The zero-order valence-electron chi connectivity index (χ0n) is 19.4. The Morgan fingerprint density at radius 1 is 1.25 bits per heavy atom. The number of carboxylic acid groups (broad SMARTS) is 1. The van der Waals surface area contributed by atoms with Gasteiger partial charge in [0.1, 0.15) is 11.6 Å². The Morgan fingerprint density at radius 2 is 1.97 bits per heavy atom. The fraction of sp³-hybridized carbons (Fsp3) is 0.792. The van der Waals surface area contributed by atoms with Crippen molar-refractivity contribution in [1.29, 1.82) is 0 Å². The van der Waals surface area contributed by atoms with Gasteiger partial charge in [-0.25, -0.2) is 0 Å². The number of amides is 2. The molecular formula is C24H38N2O6. The van der Waals surface area contributed by atoms with Crippen molar-refractivity contribution in [3.8, 4) is 0 Å². The highest BCUT2D eigenvalue weighted by Gasteiger charge is 2.78. The molecule has 3 aliphatic rings. The molecule has 2 unspecified atom stereocenters. The summed E-state index contributed by atoms with van der Waals surface area (Å²) in [6.07, 6.45) is 7.57. The van der Waals surface area contributed by atoms with Crippen LogP contribution in [0.2, 0.25) is 0 Å². The van der Waals surface area contributed by atoms with Gasteiger partial charge < -0.3 is 24.7 Å². The highest BCUT2D eigenvalue weighted by molar-refractivity contribution is 5.98.